The lowest BCUT2D eigenvalue weighted by Gasteiger charge is -2.35. The second-order valence-electron chi connectivity index (χ2n) is 9.68. The fraction of sp³-hybridized carbons (Fsp3) is 0.179. The predicted molar refractivity (Wildman–Crippen MR) is 148 cm³/mol. The Labute approximate surface area is 233 Å². The molecule has 1 atom stereocenters. The topological polar surface area (TPSA) is 102 Å². The summed E-state index contributed by atoms with van der Waals surface area (Å²) in [6.45, 7) is 3.84. The Morgan fingerprint density at radius 1 is 1.05 bits per heavy atom. The number of anilines is 3. The normalized spacial score (nSPS) is 17.7. The van der Waals surface area contributed by atoms with E-state index >= 15 is 0 Å². The third-order valence-corrected chi connectivity index (χ3v) is 7.48. The van der Waals surface area contributed by atoms with Crippen molar-refractivity contribution in [2.24, 2.45) is 0 Å². The van der Waals surface area contributed by atoms with Crippen molar-refractivity contribution in [3.8, 4) is 17.1 Å². The molecule has 2 amide bonds. The van der Waals surface area contributed by atoms with Crippen LogP contribution in [0.2, 0.25) is 10.0 Å². The van der Waals surface area contributed by atoms with E-state index < -0.39 is 23.2 Å². The SMILES string of the molecule is COc1cc(N)ccc1-c1nc2c(n1C(C)C)[C@]1(C(=O)Nc3cc(Cl)ccc31)N(c1cc(F)cc(Cl)c1)C2=O. The Balaban J connectivity index is 1.73. The first-order valence-corrected chi connectivity index (χ1v) is 12.8. The summed E-state index contributed by atoms with van der Waals surface area (Å²) in [7, 11) is 1.51. The molecular formula is C28H22Cl2FN5O3. The number of hydrogen-bond acceptors (Lipinski definition) is 5. The van der Waals surface area contributed by atoms with Crippen molar-refractivity contribution in [3.05, 3.63) is 87.4 Å². The van der Waals surface area contributed by atoms with Crippen LogP contribution < -0.4 is 20.7 Å². The van der Waals surface area contributed by atoms with Crippen molar-refractivity contribution in [3.63, 3.8) is 0 Å². The maximum Gasteiger partial charge on any atom is 0.280 e. The smallest absolute Gasteiger partial charge is 0.280 e. The van der Waals surface area contributed by atoms with Gasteiger partial charge in [-0.1, -0.05) is 29.3 Å². The molecule has 3 heterocycles. The number of hydrogen-bond donors (Lipinski definition) is 2. The Hall–Kier alpha value is -4.08. The largest absolute Gasteiger partial charge is 0.496 e. The van der Waals surface area contributed by atoms with Gasteiger partial charge in [-0.15, -0.1) is 0 Å². The molecule has 0 radical (unpaired) electrons. The standard InChI is InChI=1S/C28H22Cl2FN5O3/c1-13(2)35-24-23(34-25(35)19-6-5-17(32)12-22(19)39-3)26(37)36(18-9-15(30)8-16(31)11-18)28(24)20-7-4-14(29)10-21(20)33-27(28)38/h4-13H,32H2,1-3H3,(H,33,38)/t28-/m1/s1. The maximum atomic E-state index is 14.6. The van der Waals surface area contributed by atoms with Crippen LogP contribution in [0.4, 0.5) is 21.5 Å². The molecule has 0 bridgehead atoms. The molecule has 39 heavy (non-hydrogen) atoms. The minimum atomic E-state index is -1.72. The number of nitrogen functional groups attached to an aromatic ring is 1. The highest BCUT2D eigenvalue weighted by molar-refractivity contribution is 6.32. The molecule has 1 spiro atoms. The zero-order valence-electron chi connectivity index (χ0n) is 21.1. The van der Waals surface area contributed by atoms with Crippen LogP contribution in [0, 0.1) is 5.82 Å². The molecule has 198 valence electrons. The molecule has 1 aromatic heterocycles. The maximum absolute atomic E-state index is 14.6. The number of aromatic nitrogens is 2. The van der Waals surface area contributed by atoms with Crippen LogP contribution in [-0.2, 0) is 10.3 Å². The highest BCUT2D eigenvalue weighted by atomic mass is 35.5. The number of halogens is 3. The van der Waals surface area contributed by atoms with Gasteiger partial charge in [-0.25, -0.2) is 9.37 Å². The number of methoxy groups -OCH3 is 1. The summed E-state index contributed by atoms with van der Waals surface area (Å²) >= 11 is 12.5. The van der Waals surface area contributed by atoms with E-state index in [9.17, 15) is 14.0 Å². The summed E-state index contributed by atoms with van der Waals surface area (Å²) in [4.78, 5) is 34.5. The van der Waals surface area contributed by atoms with Crippen molar-refractivity contribution in [1.29, 1.82) is 0 Å². The molecule has 0 saturated carbocycles. The Kier molecular flexibility index (Phi) is 5.64. The number of ether oxygens (including phenoxy) is 1. The number of rotatable bonds is 4. The minimum Gasteiger partial charge on any atom is -0.496 e. The molecule has 0 fully saturated rings. The summed E-state index contributed by atoms with van der Waals surface area (Å²) in [6, 6.07) is 13.6. The van der Waals surface area contributed by atoms with Gasteiger partial charge in [0, 0.05) is 39.1 Å². The van der Waals surface area contributed by atoms with Gasteiger partial charge < -0.3 is 20.4 Å². The van der Waals surface area contributed by atoms with Gasteiger partial charge in [0.15, 0.2) is 11.2 Å². The number of amides is 2. The number of nitrogens with zero attached hydrogens (tertiary/aromatic N) is 3. The monoisotopic (exact) mass is 565 g/mol. The van der Waals surface area contributed by atoms with Crippen molar-refractivity contribution in [2.75, 3.05) is 23.1 Å². The van der Waals surface area contributed by atoms with Gasteiger partial charge in [0.1, 0.15) is 17.4 Å². The highest BCUT2D eigenvalue weighted by Gasteiger charge is 2.64. The van der Waals surface area contributed by atoms with Crippen molar-refractivity contribution in [1.82, 2.24) is 9.55 Å². The second kappa shape index (κ2) is 8.72. The molecule has 2 aliphatic heterocycles. The fourth-order valence-electron chi connectivity index (χ4n) is 5.58. The van der Waals surface area contributed by atoms with E-state index in [1.54, 1.807) is 36.4 Å². The van der Waals surface area contributed by atoms with Crippen molar-refractivity contribution in [2.45, 2.75) is 25.4 Å². The number of benzene rings is 3. The van der Waals surface area contributed by atoms with Gasteiger partial charge in [0.25, 0.3) is 11.8 Å². The molecule has 0 unspecified atom stereocenters. The van der Waals surface area contributed by atoms with E-state index in [1.165, 1.54) is 24.1 Å². The molecule has 3 N–H and O–H groups in total. The Bertz CT molecular complexity index is 1700. The number of imidazole rings is 1. The van der Waals surface area contributed by atoms with Crippen LogP contribution >= 0.6 is 23.2 Å². The van der Waals surface area contributed by atoms with Crippen LogP contribution in [0.15, 0.2) is 54.6 Å². The number of nitrogens with one attached hydrogen (secondary N) is 1. The summed E-state index contributed by atoms with van der Waals surface area (Å²) in [5, 5.41) is 3.36. The second-order valence-corrected chi connectivity index (χ2v) is 10.6. The van der Waals surface area contributed by atoms with E-state index in [0.29, 0.717) is 44.8 Å². The van der Waals surface area contributed by atoms with Crippen LogP contribution in [0.1, 0.15) is 41.6 Å². The van der Waals surface area contributed by atoms with Gasteiger partial charge >= 0.3 is 0 Å². The summed E-state index contributed by atoms with van der Waals surface area (Å²) < 4.78 is 22.0. The zero-order valence-corrected chi connectivity index (χ0v) is 22.6. The lowest BCUT2D eigenvalue weighted by molar-refractivity contribution is -0.119. The fourth-order valence-corrected chi connectivity index (χ4v) is 5.97. The van der Waals surface area contributed by atoms with E-state index in [-0.39, 0.29) is 22.4 Å². The molecule has 8 nitrogen and oxygen atoms in total. The van der Waals surface area contributed by atoms with E-state index in [1.807, 2.05) is 18.4 Å². The molecular weight excluding hydrogens is 544 g/mol. The van der Waals surface area contributed by atoms with Crippen LogP contribution in [0.3, 0.4) is 0 Å². The molecule has 11 heteroatoms. The first-order valence-electron chi connectivity index (χ1n) is 12.1. The Morgan fingerprint density at radius 2 is 1.82 bits per heavy atom. The third-order valence-electron chi connectivity index (χ3n) is 7.03. The summed E-state index contributed by atoms with van der Waals surface area (Å²) in [5.74, 6) is -0.867. The number of carbonyl (C=O) groups is 2. The predicted octanol–water partition coefficient (Wildman–Crippen LogP) is 6.02. The average Bonchev–Trinajstić information content (AvgIpc) is 3.47. The highest BCUT2D eigenvalue weighted by Crippen LogP contribution is 2.55. The molecule has 4 aromatic rings. The lowest BCUT2D eigenvalue weighted by atomic mass is 9.87. The van der Waals surface area contributed by atoms with Crippen molar-refractivity contribution >= 4 is 52.1 Å². The van der Waals surface area contributed by atoms with Gasteiger partial charge in [0.05, 0.1) is 24.1 Å². The summed E-state index contributed by atoms with van der Waals surface area (Å²) in [5.41, 5.74) is 6.76. The van der Waals surface area contributed by atoms with Crippen molar-refractivity contribution < 1.29 is 18.7 Å². The quantitative estimate of drug-likeness (QED) is 0.294. The zero-order chi connectivity index (χ0) is 27.8. The molecule has 2 aliphatic rings. The lowest BCUT2D eigenvalue weighted by Crippen LogP contribution is -2.51. The van der Waals surface area contributed by atoms with Gasteiger partial charge in [-0.05, 0) is 56.3 Å². The van der Waals surface area contributed by atoms with E-state index in [4.69, 9.17) is 38.7 Å². The first-order chi connectivity index (χ1) is 18.6. The molecule has 3 aromatic carbocycles. The molecule has 0 aliphatic carbocycles. The van der Waals surface area contributed by atoms with Crippen LogP contribution in [0.5, 0.6) is 5.75 Å². The van der Waals surface area contributed by atoms with Crippen LogP contribution in [-0.4, -0.2) is 28.5 Å². The minimum absolute atomic E-state index is 0.0518. The van der Waals surface area contributed by atoms with Gasteiger partial charge in [0.2, 0.25) is 0 Å². The molecule has 6 rings (SSSR count). The number of fused-ring (bicyclic) bond motifs is 4. The third kappa shape index (κ3) is 3.46. The number of nitrogens with two attached hydrogens (primary N) is 1. The first kappa shape index (κ1) is 25.2. The average molecular weight is 566 g/mol. The van der Waals surface area contributed by atoms with E-state index in [2.05, 4.69) is 5.32 Å². The van der Waals surface area contributed by atoms with Crippen LogP contribution in [0.25, 0.3) is 11.4 Å². The molecule has 0 saturated heterocycles. The Morgan fingerprint density at radius 3 is 2.51 bits per heavy atom. The van der Waals surface area contributed by atoms with Gasteiger partial charge in [-0.3, -0.25) is 14.5 Å². The summed E-state index contributed by atoms with van der Waals surface area (Å²) in [6.07, 6.45) is 0. The van der Waals surface area contributed by atoms with Gasteiger partial charge in [-0.2, -0.15) is 0 Å². The van der Waals surface area contributed by atoms with E-state index in [0.717, 1.165) is 6.07 Å². The number of carbonyl (C=O) groups excluding carboxylic acids is 2.